The molecule has 0 aliphatic carbocycles. The molecule has 0 saturated heterocycles. The summed E-state index contributed by atoms with van der Waals surface area (Å²) in [5.74, 6) is 0.120. The summed E-state index contributed by atoms with van der Waals surface area (Å²) < 4.78 is 2.94. The second-order valence-electron chi connectivity index (χ2n) is 4.18. The van der Waals surface area contributed by atoms with Crippen LogP contribution in [0.2, 0.25) is 0 Å². The first-order valence-corrected chi connectivity index (χ1v) is 7.01. The second-order valence-corrected chi connectivity index (χ2v) is 5.09. The van der Waals surface area contributed by atoms with Crippen LogP contribution in [0.3, 0.4) is 0 Å². The molecule has 0 fully saturated rings. The predicted octanol–water partition coefficient (Wildman–Crippen LogP) is 3.53. The highest BCUT2D eigenvalue weighted by molar-refractivity contribution is 9.10. The molecule has 1 aromatic heterocycles. The maximum absolute atomic E-state index is 12.5. The van der Waals surface area contributed by atoms with E-state index in [1.807, 2.05) is 35.6 Å². The zero-order chi connectivity index (χ0) is 13.0. The fraction of sp³-hybridized carbons (Fsp3) is 0.615. The van der Waals surface area contributed by atoms with Gasteiger partial charge in [0.1, 0.15) is 5.69 Å². The Morgan fingerprint density at radius 1 is 1.47 bits per heavy atom. The molecule has 0 aromatic carbocycles. The van der Waals surface area contributed by atoms with Crippen molar-refractivity contribution in [2.45, 2.75) is 46.7 Å². The fourth-order valence-electron chi connectivity index (χ4n) is 1.94. The summed E-state index contributed by atoms with van der Waals surface area (Å²) in [6, 6.07) is 2.18. The largest absolute Gasteiger partial charge is 0.343 e. The van der Waals surface area contributed by atoms with Gasteiger partial charge in [-0.25, -0.2) is 0 Å². The molecule has 1 atom stereocenters. The lowest BCUT2D eigenvalue weighted by molar-refractivity contribution is 0.0689. The summed E-state index contributed by atoms with van der Waals surface area (Å²) in [7, 11) is 0. The van der Waals surface area contributed by atoms with Crippen LogP contribution in [0.1, 0.15) is 44.6 Å². The number of amides is 1. The first kappa shape index (κ1) is 14.3. The molecule has 1 amide bonds. The van der Waals surface area contributed by atoms with E-state index in [1.54, 1.807) is 0 Å². The van der Waals surface area contributed by atoms with Gasteiger partial charge in [0.05, 0.1) is 0 Å². The number of nitrogens with zero attached hydrogens (tertiary/aromatic N) is 2. The van der Waals surface area contributed by atoms with Crippen LogP contribution in [0.4, 0.5) is 0 Å². The van der Waals surface area contributed by atoms with Crippen molar-refractivity contribution in [1.29, 1.82) is 0 Å². The van der Waals surface area contributed by atoms with E-state index in [1.165, 1.54) is 0 Å². The predicted molar refractivity (Wildman–Crippen MR) is 74.3 cm³/mol. The van der Waals surface area contributed by atoms with E-state index >= 15 is 0 Å². The van der Waals surface area contributed by atoms with E-state index < -0.39 is 0 Å². The minimum atomic E-state index is 0.120. The van der Waals surface area contributed by atoms with Gasteiger partial charge in [-0.3, -0.25) is 4.79 Å². The Morgan fingerprint density at radius 3 is 2.59 bits per heavy atom. The molecule has 1 aromatic rings. The fourth-order valence-corrected chi connectivity index (χ4v) is 2.40. The first-order chi connectivity index (χ1) is 8.04. The van der Waals surface area contributed by atoms with Gasteiger partial charge in [0.25, 0.3) is 5.91 Å². The molecule has 0 saturated carbocycles. The van der Waals surface area contributed by atoms with Crippen LogP contribution >= 0.6 is 15.9 Å². The summed E-state index contributed by atoms with van der Waals surface area (Å²) in [4.78, 5) is 14.4. The molecule has 96 valence electrons. The number of aryl methyl sites for hydroxylation is 1. The second kappa shape index (κ2) is 6.24. The SMILES string of the molecule is CCC(C)N(CC)C(=O)c1cc(Br)cn1CC. The molecule has 1 unspecified atom stereocenters. The van der Waals surface area contributed by atoms with Crippen LogP contribution in [0.25, 0.3) is 0 Å². The smallest absolute Gasteiger partial charge is 0.270 e. The van der Waals surface area contributed by atoms with Gasteiger partial charge >= 0.3 is 0 Å². The van der Waals surface area contributed by atoms with Crippen molar-refractivity contribution in [3.8, 4) is 0 Å². The quantitative estimate of drug-likeness (QED) is 0.816. The van der Waals surface area contributed by atoms with E-state index in [-0.39, 0.29) is 11.9 Å². The van der Waals surface area contributed by atoms with E-state index in [0.717, 1.165) is 29.7 Å². The summed E-state index contributed by atoms with van der Waals surface area (Å²) >= 11 is 3.43. The molecule has 0 aliphatic heterocycles. The number of halogens is 1. The Labute approximate surface area is 112 Å². The lowest BCUT2D eigenvalue weighted by Crippen LogP contribution is -2.39. The van der Waals surface area contributed by atoms with Crippen molar-refractivity contribution < 1.29 is 4.79 Å². The topological polar surface area (TPSA) is 25.2 Å². The number of carbonyl (C=O) groups is 1. The van der Waals surface area contributed by atoms with Crippen LogP contribution in [-0.2, 0) is 6.54 Å². The van der Waals surface area contributed by atoms with Gasteiger partial charge in [0, 0.05) is 29.8 Å². The molecule has 17 heavy (non-hydrogen) atoms. The highest BCUT2D eigenvalue weighted by Crippen LogP contribution is 2.18. The molecule has 0 N–H and O–H groups in total. The van der Waals surface area contributed by atoms with Crippen molar-refractivity contribution in [3.63, 3.8) is 0 Å². The Bertz CT molecular complexity index is 387. The third-order valence-electron chi connectivity index (χ3n) is 3.15. The van der Waals surface area contributed by atoms with Crippen LogP contribution in [-0.4, -0.2) is 28.0 Å². The van der Waals surface area contributed by atoms with E-state index in [2.05, 4.69) is 29.8 Å². The lowest BCUT2D eigenvalue weighted by atomic mass is 10.2. The minimum absolute atomic E-state index is 0.120. The highest BCUT2D eigenvalue weighted by Gasteiger charge is 2.21. The van der Waals surface area contributed by atoms with Gasteiger partial charge in [-0.2, -0.15) is 0 Å². The molecule has 1 rings (SSSR count). The maximum atomic E-state index is 12.5. The molecular formula is C13H21BrN2O. The van der Waals surface area contributed by atoms with Crippen molar-refractivity contribution in [1.82, 2.24) is 9.47 Å². The van der Waals surface area contributed by atoms with Crippen LogP contribution < -0.4 is 0 Å². The van der Waals surface area contributed by atoms with Crippen LogP contribution in [0, 0.1) is 0 Å². The normalized spacial score (nSPS) is 12.5. The number of carbonyl (C=O) groups excluding carboxylic acids is 1. The number of rotatable bonds is 5. The standard InChI is InChI=1S/C13H21BrN2O/c1-5-10(4)16(7-3)13(17)12-8-11(14)9-15(12)6-2/h8-10H,5-7H2,1-4H3. The zero-order valence-electron chi connectivity index (χ0n) is 11.0. The lowest BCUT2D eigenvalue weighted by Gasteiger charge is -2.27. The van der Waals surface area contributed by atoms with Gasteiger partial charge < -0.3 is 9.47 Å². The minimum Gasteiger partial charge on any atom is -0.343 e. The summed E-state index contributed by atoms with van der Waals surface area (Å²) in [6.07, 6.45) is 2.94. The zero-order valence-corrected chi connectivity index (χ0v) is 12.6. The molecule has 0 radical (unpaired) electrons. The monoisotopic (exact) mass is 300 g/mol. The third kappa shape index (κ3) is 3.12. The van der Waals surface area contributed by atoms with E-state index in [4.69, 9.17) is 0 Å². The van der Waals surface area contributed by atoms with Gasteiger partial charge in [-0.1, -0.05) is 6.92 Å². The molecule has 0 spiro atoms. The molecular weight excluding hydrogens is 280 g/mol. The first-order valence-electron chi connectivity index (χ1n) is 6.21. The number of hydrogen-bond donors (Lipinski definition) is 0. The van der Waals surface area contributed by atoms with Crippen molar-refractivity contribution in [3.05, 3.63) is 22.4 Å². The Kier molecular flexibility index (Phi) is 5.25. The van der Waals surface area contributed by atoms with Crippen LogP contribution in [0.15, 0.2) is 16.7 Å². The van der Waals surface area contributed by atoms with Crippen molar-refractivity contribution >= 4 is 21.8 Å². The number of hydrogen-bond acceptors (Lipinski definition) is 1. The van der Waals surface area contributed by atoms with E-state index in [9.17, 15) is 4.79 Å². The van der Waals surface area contributed by atoms with Gasteiger partial charge in [0.15, 0.2) is 0 Å². The highest BCUT2D eigenvalue weighted by atomic mass is 79.9. The summed E-state index contributed by atoms with van der Waals surface area (Å²) in [5.41, 5.74) is 0.765. The Balaban J connectivity index is 3.01. The molecule has 1 heterocycles. The summed E-state index contributed by atoms with van der Waals surface area (Å²) in [5, 5.41) is 0. The molecule has 3 nitrogen and oxygen atoms in total. The van der Waals surface area contributed by atoms with Crippen molar-refractivity contribution in [2.24, 2.45) is 0 Å². The third-order valence-corrected chi connectivity index (χ3v) is 3.58. The molecule has 0 aliphatic rings. The van der Waals surface area contributed by atoms with E-state index in [0.29, 0.717) is 0 Å². The van der Waals surface area contributed by atoms with Crippen molar-refractivity contribution in [2.75, 3.05) is 6.54 Å². The maximum Gasteiger partial charge on any atom is 0.270 e. The van der Waals surface area contributed by atoms with Crippen LogP contribution in [0.5, 0.6) is 0 Å². The Hall–Kier alpha value is -0.770. The average molecular weight is 301 g/mol. The van der Waals surface area contributed by atoms with Gasteiger partial charge in [-0.05, 0) is 49.2 Å². The average Bonchev–Trinajstić information content (AvgIpc) is 2.70. The molecule has 4 heteroatoms. The Morgan fingerprint density at radius 2 is 2.12 bits per heavy atom. The van der Waals surface area contributed by atoms with Gasteiger partial charge in [0.2, 0.25) is 0 Å². The summed E-state index contributed by atoms with van der Waals surface area (Å²) in [6.45, 7) is 9.83. The molecule has 0 bridgehead atoms. The van der Waals surface area contributed by atoms with Gasteiger partial charge in [-0.15, -0.1) is 0 Å². The number of aromatic nitrogens is 1.